The van der Waals surface area contributed by atoms with Crippen LogP contribution in [0.25, 0.3) is 0 Å². The number of aryl methyl sites for hydroxylation is 2. The van der Waals surface area contributed by atoms with Crippen LogP contribution in [0.2, 0.25) is 0 Å². The molecule has 0 aliphatic carbocycles. The molecule has 0 bridgehead atoms. The van der Waals surface area contributed by atoms with Gasteiger partial charge in [0.15, 0.2) is 5.84 Å². The second-order valence-electron chi connectivity index (χ2n) is 3.74. The highest BCUT2D eigenvalue weighted by atomic mass is 32.1. The van der Waals surface area contributed by atoms with E-state index in [-0.39, 0.29) is 17.0 Å². The minimum absolute atomic E-state index is 0.162. The Morgan fingerprint density at radius 1 is 1.44 bits per heavy atom. The van der Waals surface area contributed by atoms with Gasteiger partial charge in [-0.15, -0.1) is 11.3 Å². The maximum Gasteiger partial charge on any atom is 0.261 e. The maximum absolute atomic E-state index is 12.0. The number of rotatable bonds is 4. The smallest absolute Gasteiger partial charge is 0.261 e. The number of nitrogens with zero attached hydrogens (tertiary/aromatic N) is 2. The van der Waals surface area contributed by atoms with E-state index in [4.69, 9.17) is 10.9 Å². The zero-order valence-electron chi connectivity index (χ0n) is 9.61. The van der Waals surface area contributed by atoms with Crippen LogP contribution in [-0.4, -0.2) is 15.6 Å². The topological polar surface area (TPSA) is 80.6 Å². The second kappa shape index (κ2) is 5.50. The van der Waals surface area contributed by atoms with Crippen LogP contribution in [0.4, 0.5) is 0 Å². The van der Waals surface area contributed by atoms with Gasteiger partial charge in [0.25, 0.3) is 5.56 Å². The van der Waals surface area contributed by atoms with E-state index in [0.717, 1.165) is 6.42 Å². The average molecular weight is 263 g/mol. The van der Waals surface area contributed by atoms with Crippen LogP contribution in [0.15, 0.2) is 45.8 Å². The summed E-state index contributed by atoms with van der Waals surface area (Å²) in [6, 6.07) is 7.26. The molecule has 94 valence electrons. The molecule has 2 heterocycles. The highest BCUT2D eigenvalue weighted by Crippen LogP contribution is 2.09. The van der Waals surface area contributed by atoms with E-state index in [1.807, 2.05) is 17.5 Å². The molecule has 0 fully saturated rings. The number of hydrogen-bond acceptors (Lipinski definition) is 4. The van der Waals surface area contributed by atoms with Gasteiger partial charge in [-0.2, -0.15) is 0 Å². The van der Waals surface area contributed by atoms with Crippen molar-refractivity contribution in [1.82, 2.24) is 4.57 Å². The Morgan fingerprint density at radius 2 is 2.28 bits per heavy atom. The minimum atomic E-state index is -0.246. The zero-order chi connectivity index (χ0) is 13.0. The van der Waals surface area contributed by atoms with Gasteiger partial charge in [0, 0.05) is 17.6 Å². The summed E-state index contributed by atoms with van der Waals surface area (Å²) in [7, 11) is 0. The van der Waals surface area contributed by atoms with Crippen molar-refractivity contribution in [3.63, 3.8) is 0 Å². The normalized spacial score (nSPS) is 11.7. The summed E-state index contributed by atoms with van der Waals surface area (Å²) in [5.41, 5.74) is 5.41. The fourth-order valence-corrected chi connectivity index (χ4v) is 2.35. The van der Waals surface area contributed by atoms with Gasteiger partial charge in [0.1, 0.15) is 0 Å². The third-order valence-electron chi connectivity index (χ3n) is 2.58. The lowest BCUT2D eigenvalue weighted by Gasteiger charge is -2.06. The number of amidine groups is 1. The number of oxime groups is 1. The molecule has 0 amide bonds. The van der Waals surface area contributed by atoms with Crippen molar-refractivity contribution in [3.8, 4) is 0 Å². The van der Waals surface area contributed by atoms with Gasteiger partial charge in [-0.3, -0.25) is 4.79 Å². The van der Waals surface area contributed by atoms with E-state index in [0.29, 0.717) is 6.54 Å². The van der Waals surface area contributed by atoms with Crippen molar-refractivity contribution in [2.24, 2.45) is 10.9 Å². The van der Waals surface area contributed by atoms with Crippen molar-refractivity contribution >= 4 is 17.2 Å². The summed E-state index contributed by atoms with van der Waals surface area (Å²) in [5.74, 6) is -0.162. The fourth-order valence-electron chi connectivity index (χ4n) is 1.65. The molecule has 2 aromatic rings. The van der Waals surface area contributed by atoms with Crippen LogP contribution in [0, 0.1) is 0 Å². The first-order valence-corrected chi connectivity index (χ1v) is 6.30. The van der Waals surface area contributed by atoms with Crippen LogP contribution < -0.4 is 11.3 Å². The lowest BCUT2D eigenvalue weighted by atomic mass is 10.2. The molecule has 2 aromatic heterocycles. The van der Waals surface area contributed by atoms with Gasteiger partial charge in [-0.05, 0) is 30.0 Å². The SMILES string of the molecule is N/C(=N/O)c1cccn(CCc2cccs2)c1=O. The van der Waals surface area contributed by atoms with Gasteiger partial charge in [0.05, 0.1) is 5.56 Å². The van der Waals surface area contributed by atoms with Crippen LogP contribution in [0.5, 0.6) is 0 Å². The van der Waals surface area contributed by atoms with Gasteiger partial charge in [-0.25, -0.2) is 0 Å². The molecular weight excluding hydrogens is 250 g/mol. The summed E-state index contributed by atoms with van der Waals surface area (Å²) in [6.45, 7) is 0.575. The molecule has 5 nitrogen and oxygen atoms in total. The molecule has 18 heavy (non-hydrogen) atoms. The number of aromatic nitrogens is 1. The lowest BCUT2D eigenvalue weighted by Crippen LogP contribution is -2.30. The van der Waals surface area contributed by atoms with Crippen molar-refractivity contribution in [2.45, 2.75) is 13.0 Å². The molecule has 0 aromatic carbocycles. The Bertz CT molecular complexity index is 602. The van der Waals surface area contributed by atoms with Gasteiger partial charge >= 0.3 is 0 Å². The van der Waals surface area contributed by atoms with E-state index in [2.05, 4.69) is 5.16 Å². The molecule has 2 rings (SSSR count). The van der Waals surface area contributed by atoms with Crippen molar-refractivity contribution in [3.05, 3.63) is 56.6 Å². The Balaban J connectivity index is 2.21. The summed E-state index contributed by atoms with van der Waals surface area (Å²) in [6.07, 6.45) is 2.49. The van der Waals surface area contributed by atoms with E-state index in [1.54, 1.807) is 34.2 Å². The molecule has 0 radical (unpaired) electrons. The van der Waals surface area contributed by atoms with Crippen molar-refractivity contribution in [1.29, 1.82) is 0 Å². The minimum Gasteiger partial charge on any atom is -0.409 e. The molecule has 0 unspecified atom stereocenters. The lowest BCUT2D eigenvalue weighted by molar-refractivity contribution is 0.318. The fraction of sp³-hybridized carbons (Fsp3) is 0.167. The number of thiophene rings is 1. The van der Waals surface area contributed by atoms with E-state index in [9.17, 15) is 4.79 Å². The Morgan fingerprint density at radius 3 is 2.94 bits per heavy atom. The quantitative estimate of drug-likeness (QED) is 0.377. The zero-order valence-corrected chi connectivity index (χ0v) is 10.4. The first kappa shape index (κ1) is 12.4. The van der Waals surface area contributed by atoms with E-state index < -0.39 is 0 Å². The number of nitrogens with two attached hydrogens (primary N) is 1. The standard InChI is InChI=1S/C12H13N3O2S/c13-11(14-17)10-4-1-6-15(12(10)16)7-5-9-3-2-8-18-9/h1-4,6,8,17H,5,7H2,(H2,13,14). The largest absolute Gasteiger partial charge is 0.409 e. The van der Waals surface area contributed by atoms with E-state index >= 15 is 0 Å². The molecule has 0 spiro atoms. The molecule has 3 N–H and O–H groups in total. The Kier molecular flexibility index (Phi) is 3.78. The van der Waals surface area contributed by atoms with E-state index in [1.165, 1.54) is 4.88 Å². The van der Waals surface area contributed by atoms with Crippen LogP contribution in [0.1, 0.15) is 10.4 Å². The third-order valence-corrected chi connectivity index (χ3v) is 3.52. The van der Waals surface area contributed by atoms with Gasteiger partial charge in [-0.1, -0.05) is 11.2 Å². The summed E-state index contributed by atoms with van der Waals surface area (Å²) in [4.78, 5) is 13.2. The summed E-state index contributed by atoms with van der Waals surface area (Å²) >= 11 is 1.66. The molecule has 6 heteroatoms. The van der Waals surface area contributed by atoms with Gasteiger partial charge < -0.3 is 15.5 Å². The van der Waals surface area contributed by atoms with Gasteiger partial charge in [0.2, 0.25) is 0 Å². The Hall–Kier alpha value is -2.08. The molecule has 0 saturated carbocycles. The highest BCUT2D eigenvalue weighted by Gasteiger charge is 2.07. The molecule has 0 aliphatic heterocycles. The highest BCUT2D eigenvalue weighted by molar-refractivity contribution is 7.09. The predicted molar refractivity (Wildman–Crippen MR) is 71.2 cm³/mol. The van der Waals surface area contributed by atoms with Crippen LogP contribution in [-0.2, 0) is 13.0 Å². The summed E-state index contributed by atoms with van der Waals surface area (Å²) in [5, 5.41) is 13.5. The first-order chi connectivity index (χ1) is 8.72. The molecule has 0 aliphatic rings. The number of pyridine rings is 1. The summed E-state index contributed by atoms with van der Waals surface area (Å²) < 4.78 is 1.56. The second-order valence-corrected chi connectivity index (χ2v) is 4.77. The van der Waals surface area contributed by atoms with Crippen molar-refractivity contribution in [2.75, 3.05) is 0 Å². The predicted octanol–water partition coefficient (Wildman–Crippen LogP) is 1.25. The average Bonchev–Trinajstić information content (AvgIpc) is 2.90. The first-order valence-electron chi connectivity index (χ1n) is 5.42. The van der Waals surface area contributed by atoms with Crippen LogP contribution in [0.3, 0.4) is 0 Å². The monoisotopic (exact) mass is 263 g/mol. The molecule has 0 saturated heterocycles. The van der Waals surface area contributed by atoms with Crippen molar-refractivity contribution < 1.29 is 5.21 Å². The molecular formula is C12H13N3O2S. The third kappa shape index (κ3) is 2.60. The number of hydrogen-bond donors (Lipinski definition) is 2. The molecule has 0 atom stereocenters. The Labute approximate surface area is 108 Å². The van der Waals surface area contributed by atoms with Crippen LogP contribution >= 0.6 is 11.3 Å². The maximum atomic E-state index is 12.0.